The molecule has 1 aliphatic rings. The van der Waals surface area contributed by atoms with E-state index in [0.717, 1.165) is 12.8 Å². The van der Waals surface area contributed by atoms with E-state index in [4.69, 9.17) is 9.84 Å². The van der Waals surface area contributed by atoms with Gasteiger partial charge in [-0.3, -0.25) is 10.1 Å². The Morgan fingerprint density at radius 3 is 2.67 bits per heavy atom. The number of aryl methyl sites for hydroxylation is 1. The van der Waals surface area contributed by atoms with E-state index in [2.05, 4.69) is 0 Å². The zero-order valence-corrected chi connectivity index (χ0v) is 9.83. The van der Waals surface area contributed by atoms with Crippen molar-refractivity contribution in [2.75, 3.05) is 0 Å². The number of carbonyl (C=O) groups is 1. The SMILES string of the molecule is Cc1cc(OC(C(=O)O)C2CC2)ccc1[N+](=O)[O-]. The molecule has 1 unspecified atom stereocenters. The summed E-state index contributed by atoms with van der Waals surface area (Å²) in [6, 6.07) is 4.26. The van der Waals surface area contributed by atoms with Crippen molar-refractivity contribution in [3.8, 4) is 5.75 Å². The molecule has 1 aromatic carbocycles. The first kappa shape index (κ1) is 12.3. The minimum atomic E-state index is -0.992. The van der Waals surface area contributed by atoms with Crippen LogP contribution in [-0.2, 0) is 4.79 Å². The lowest BCUT2D eigenvalue weighted by Crippen LogP contribution is -2.29. The van der Waals surface area contributed by atoms with Crippen molar-refractivity contribution in [1.82, 2.24) is 0 Å². The van der Waals surface area contributed by atoms with Gasteiger partial charge >= 0.3 is 5.97 Å². The average Bonchev–Trinajstić information content (AvgIpc) is 3.08. The molecule has 1 aromatic rings. The van der Waals surface area contributed by atoms with Crippen LogP contribution in [0.25, 0.3) is 0 Å². The molecule has 6 heteroatoms. The molecule has 0 aliphatic heterocycles. The van der Waals surface area contributed by atoms with Crippen molar-refractivity contribution >= 4 is 11.7 Å². The zero-order valence-electron chi connectivity index (χ0n) is 9.83. The van der Waals surface area contributed by atoms with E-state index in [1.807, 2.05) is 0 Å². The van der Waals surface area contributed by atoms with Gasteiger partial charge in [0.05, 0.1) is 4.92 Å². The summed E-state index contributed by atoms with van der Waals surface area (Å²) in [5.41, 5.74) is 0.457. The average molecular weight is 251 g/mol. The van der Waals surface area contributed by atoms with Gasteiger partial charge in [0.25, 0.3) is 5.69 Å². The quantitative estimate of drug-likeness (QED) is 0.639. The highest BCUT2D eigenvalue weighted by Crippen LogP contribution is 2.35. The van der Waals surface area contributed by atoms with E-state index >= 15 is 0 Å². The molecule has 1 saturated carbocycles. The van der Waals surface area contributed by atoms with E-state index in [1.54, 1.807) is 6.92 Å². The summed E-state index contributed by atoms with van der Waals surface area (Å²) in [5.74, 6) is -0.580. The van der Waals surface area contributed by atoms with E-state index in [1.165, 1.54) is 18.2 Å². The Kier molecular flexibility index (Phi) is 3.18. The Bertz CT molecular complexity index is 495. The number of carboxylic acid groups (broad SMARTS) is 1. The van der Waals surface area contributed by atoms with Crippen molar-refractivity contribution in [2.45, 2.75) is 25.9 Å². The minimum absolute atomic E-state index is 0.000599. The monoisotopic (exact) mass is 251 g/mol. The maximum Gasteiger partial charge on any atom is 0.345 e. The largest absolute Gasteiger partial charge is 0.478 e. The first-order chi connectivity index (χ1) is 8.49. The second kappa shape index (κ2) is 4.64. The number of carboxylic acids is 1. The van der Waals surface area contributed by atoms with Crippen LogP contribution in [0.1, 0.15) is 18.4 Å². The number of aliphatic carboxylic acids is 1. The summed E-state index contributed by atoms with van der Waals surface area (Å²) >= 11 is 0. The fraction of sp³-hybridized carbons (Fsp3) is 0.417. The molecular formula is C12H13NO5. The second-order valence-electron chi connectivity index (χ2n) is 4.42. The summed E-state index contributed by atoms with van der Waals surface area (Å²) in [5, 5.41) is 19.7. The molecule has 0 amide bonds. The molecule has 0 heterocycles. The van der Waals surface area contributed by atoms with E-state index < -0.39 is 17.0 Å². The number of rotatable bonds is 5. The maximum absolute atomic E-state index is 11.0. The van der Waals surface area contributed by atoms with Gasteiger partial charge in [-0.25, -0.2) is 4.79 Å². The van der Waals surface area contributed by atoms with Gasteiger partial charge < -0.3 is 9.84 Å². The van der Waals surface area contributed by atoms with Crippen LogP contribution in [-0.4, -0.2) is 22.1 Å². The van der Waals surface area contributed by atoms with Crippen LogP contribution in [0.15, 0.2) is 18.2 Å². The van der Waals surface area contributed by atoms with Crippen molar-refractivity contribution in [3.63, 3.8) is 0 Å². The fourth-order valence-corrected chi connectivity index (χ4v) is 1.80. The molecule has 96 valence electrons. The molecule has 0 aromatic heterocycles. The molecule has 6 nitrogen and oxygen atoms in total. The third-order valence-corrected chi connectivity index (χ3v) is 2.92. The Hall–Kier alpha value is -2.11. The molecule has 2 rings (SSSR count). The van der Waals surface area contributed by atoms with Gasteiger partial charge in [0.2, 0.25) is 0 Å². The lowest BCUT2D eigenvalue weighted by atomic mass is 10.2. The molecule has 0 spiro atoms. The van der Waals surface area contributed by atoms with Crippen molar-refractivity contribution in [1.29, 1.82) is 0 Å². The smallest absolute Gasteiger partial charge is 0.345 e. The Morgan fingerprint density at radius 1 is 1.56 bits per heavy atom. The number of benzene rings is 1. The van der Waals surface area contributed by atoms with Crippen LogP contribution in [0.3, 0.4) is 0 Å². The lowest BCUT2D eigenvalue weighted by molar-refractivity contribution is -0.385. The van der Waals surface area contributed by atoms with Crippen LogP contribution < -0.4 is 4.74 Å². The van der Waals surface area contributed by atoms with Crippen molar-refractivity contribution in [2.24, 2.45) is 5.92 Å². The number of hydrogen-bond acceptors (Lipinski definition) is 4. The van der Waals surface area contributed by atoms with E-state index in [0.29, 0.717) is 11.3 Å². The third-order valence-electron chi connectivity index (χ3n) is 2.92. The molecule has 1 fully saturated rings. The number of ether oxygens (including phenoxy) is 1. The lowest BCUT2D eigenvalue weighted by Gasteiger charge is -2.14. The van der Waals surface area contributed by atoms with Crippen LogP contribution in [0.2, 0.25) is 0 Å². The summed E-state index contributed by atoms with van der Waals surface area (Å²) in [4.78, 5) is 21.2. The number of nitro groups is 1. The van der Waals surface area contributed by atoms with Gasteiger partial charge in [0.15, 0.2) is 6.10 Å². The van der Waals surface area contributed by atoms with Crippen LogP contribution in [0, 0.1) is 23.0 Å². The maximum atomic E-state index is 11.0. The molecule has 0 saturated heterocycles. The summed E-state index contributed by atoms with van der Waals surface area (Å²) in [7, 11) is 0. The van der Waals surface area contributed by atoms with Crippen LogP contribution >= 0.6 is 0 Å². The highest BCUT2D eigenvalue weighted by molar-refractivity contribution is 5.73. The normalized spacial score (nSPS) is 16.1. The summed E-state index contributed by atoms with van der Waals surface area (Å²) in [6.45, 7) is 1.60. The van der Waals surface area contributed by atoms with Gasteiger partial charge in [-0.05, 0) is 31.9 Å². The highest BCUT2D eigenvalue weighted by atomic mass is 16.6. The molecule has 1 N–H and O–H groups in total. The van der Waals surface area contributed by atoms with E-state index in [9.17, 15) is 14.9 Å². The predicted molar refractivity (Wildman–Crippen MR) is 62.6 cm³/mol. The zero-order chi connectivity index (χ0) is 13.3. The number of hydrogen-bond donors (Lipinski definition) is 1. The second-order valence-corrected chi connectivity index (χ2v) is 4.42. The molecule has 18 heavy (non-hydrogen) atoms. The van der Waals surface area contributed by atoms with Gasteiger partial charge in [-0.1, -0.05) is 0 Å². The molecular weight excluding hydrogens is 238 g/mol. The molecule has 0 radical (unpaired) electrons. The molecule has 1 atom stereocenters. The van der Waals surface area contributed by atoms with Crippen LogP contribution in [0.4, 0.5) is 5.69 Å². The van der Waals surface area contributed by atoms with Crippen molar-refractivity contribution < 1.29 is 19.6 Å². The van der Waals surface area contributed by atoms with E-state index in [-0.39, 0.29) is 11.6 Å². The Labute approximate surface area is 103 Å². The first-order valence-corrected chi connectivity index (χ1v) is 5.63. The van der Waals surface area contributed by atoms with Crippen LogP contribution in [0.5, 0.6) is 5.75 Å². The predicted octanol–water partition coefficient (Wildman–Crippen LogP) is 2.15. The fourth-order valence-electron chi connectivity index (χ4n) is 1.80. The first-order valence-electron chi connectivity index (χ1n) is 5.63. The molecule has 0 bridgehead atoms. The standard InChI is InChI=1S/C12H13NO5/c1-7-6-9(4-5-10(7)13(16)17)18-11(12(14)15)8-2-3-8/h4-6,8,11H,2-3H2,1H3,(H,14,15). The summed E-state index contributed by atoms with van der Waals surface area (Å²) < 4.78 is 5.39. The third kappa shape index (κ3) is 2.58. The van der Waals surface area contributed by atoms with Gasteiger partial charge in [-0.2, -0.15) is 0 Å². The highest BCUT2D eigenvalue weighted by Gasteiger charge is 2.38. The topological polar surface area (TPSA) is 89.7 Å². The number of nitrogens with zero attached hydrogens (tertiary/aromatic N) is 1. The molecule has 1 aliphatic carbocycles. The van der Waals surface area contributed by atoms with Crippen molar-refractivity contribution in [3.05, 3.63) is 33.9 Å². The number of nitro benzene ring substituents is 1. The minimum Gasteiger partial charge on any atom is -0.478 e. The Balaban J connectivity index is 2.16. The van der Waals surface area contributed by atoms with Gasteiger partial charge in [0, 0.05) is 17.5 Å². The Morgan fingerprint density at radius 2 is 2.22 bits per heavy atom. The summed E-state index contributed by atoms with van der Waals surface area (Å²) in [6.07, 6.45) is 0.845. The van der Waals surface area contributed by atoms with Gasteiger partial charge in [0.1, 0.15) is 5.75 Å². The van der Waals surface area contributed by atoms with Gasteiger partial charge in [-0.15, -0.1) is 0 Å².